The summed E-state index contributed by atoms with van der Waals surface area (Å²) < 4.78 is 32.2. The molecule has 2 saturated heterocycles. The van der Waals surface area contributed by atoms with Gasteiger partial charge in [0.2, 0.25) is 15.9 Å². The highest BCUT2D eigenvalue weighted by molar-refractivity contribution is 7.89. The van der Waals surface area contributed by atoms with Gasteiger partial charge in [0.25, 0.3) is 0 Å². The van der Waals surface area contributed by atoms with E-state index < -0.39 is 15.6 Å². The second-order valence-corrected chi connectivity index (χ2v) is 8.72. The van der Waals surface area contributed by atoms with Gasteiger partial charge < -0.3 is 15.4 Å². The first-order valence-electron chi connectivity index (χ1n) is 8.56. The highest BCUT2D eigenvalue weighted by Crippen LogP contribution is 2.23. The van der Waals surface area contributed by atoms with Gasteiger partial charge in [-0.2, -0.15) is 4.31 Å². The van der Waals surface area contributed by atoms with Gasteiger partial charge >= 0.3 is 0 Å². The van der Waals surface area contributed by atoms with Crippen LogP contribution in [0.4, 0.5) is 0 Å². The summed E-state index contributed by atoms with van der Waals surface area (Å²) in [6.07, 6.45) is 1.02. The molecule has 0 saturated carbocycles. The first-order chi connectivity index (χ1) is 11.8. The number of hydrogen-bond acceptors (Lipinski definition) is 5. The Hall–Kier alpha value is -1.48. The number of sulfonamides is 1. The van der Waals surface area contributed by atoms with Gasteiger partial charge in [-0.15, -0.1) is 0 Å². The number of nitrogens with two attached hydrogens (primary N) is 1. The number of ether oxygens (including phenoxy) is 1. The molecule has 0 aliphatic carbocycles. The van der Waals surface area contributed by atoms with Gasteiger partial charge in [0.05, 0.1) is 10.4 Å². The Labute approximate surface area is 148 Å². The number of carbonyl (C=O) groups is 1. The number of benzene rings is 1. The molecule has 2 fully saturated rings. The molecule has 1 aromatic rings. The first-order valence-corrected chi connectivity index (χ1v) is 10.00. The molecule has 1 amide bonds. The zero-order valence-corrected chi connectivity index (χ0v) is 15.3. The van der Waals surface area contributed by atoms with E-state index >= 15 is 0 Å². The summed E-state index contributed by atoms with van der Waals surface area (Å²) in [5.74, 6) is -0.0943. The largest absolute Gasteiger partial charge is 0.381 e. The van der Waals surface area contributed by atoms with Crippen molar-refractivity contribution < 1.29 is 17.9 Å². The predicted octanol–water partition coefficient (Wildman–Crippen LogP) is 0.336. The number of rotatable bonds is 3. The first kappa shape index (κ1) is 18.3. The average Bonchev–Trinajstić information content (AvgIpc) is 2.62. The highest BCUT2D eigenvalue weighted by Gasteiger charge is 2.40. The topological polar surface area (TPSA) is 92.9 Å². The van der Waals surface area contributed by atoms with E-state index in [4.69, 9.17) is 10.5 Å². The van der Waals surface area contributed by atoms with Crippen molar-refractivity contribution in [1.82, 2.24) is 9.21 Å². The molecule has 7 nitrogen and oxygen atoms in total. The lowest BCUT2D eigenvalue weighted by molar-refractivity contribution is -0.141. The van der Waals surface area contributed by atoms with Crippen molar-refractivity contribution in [3.05, 3.63) is 29.8 Å². The summed E-state index contributed by atoms with van der Waals surface area (Å²) in [6.45, 7) is 4.20. The van der Waals surface area contributed by atoms with Crippen molar-refractivity contribution in [1.29, 1.82) is 0 Å². The Kier molecular flexibility index (Phi) is 5.15. The Morgan fingerprint density at radius 1 is 1.08 bits per heavy atom. The maximum atomic E-state index is 12.7. The van der Waals surface area contributed by atoms with Gasteiger partial charge in [-0.3, -0.25) is 4.79 Å². The maximum absolute atomic E-state index is 12.7. The quantitative estimate of drug-likeness (QED) is 0.831. The van der Waals surface area contributed by atoms with Crippen LogP contribution in [0, 0.1) is 6.92 Å². The lowest BCUT2D eigenvalue weighted by atomic mass is 9.89. The fourth-order valence-corrected chi connectivity index (χ4v) is 4.68. The minimum atomic E-state index is -3.52. The summed E-state index contributed by atoms with van der Waals surface area (Å²) in [7, 11) is -3.52. The molecule has 2 aliphatic rings. The van der Waals surface area contributed by atoms with E-state index in [-0.39, 0.29) is 23.9 Å². The number of aryl methyl sites for hydroxylation is 1. The van der Waals surface area contributed by atoms with E-state index in [9.17, 15) is 13.2 Å². The van der Waals surface area contributed by atoms with Crippen LogP contribution in [0.15, 0.2) is 29.2 Å². The van der Waals surface area contributed by atoms with Crippen molar-refractivity contribution in [2.24, 2.45) is 5.73 Å². The van der Waals surface area contributed by atoms with E-state index in [1.807, 2.05) is 6.92 Å². The fourth-order valence-electron chi connectivity index (χ4n) is 3.26. The smallest absolute Gasteiger partial charge is 0.243 e. The van der Waals surface area contributed by atoms with Crippen LogP contribution >= 0.6 is 0 Å². The van der Waals surface area contributed by atoms with E-state index in [0.29, 0.717) is 39.1 Å². The van der Waals surface area contributed by atoms with Crippen LogP contribution in [0.3, 0.4) is 0 Å². The second kappa shape index (κ2) is 7.03. The lowest BCUT2D eigenvalue weighted by Crippen LogP contribution is -2.61. The SMILES string of the molecule is Cc1ccc(S(=O)(=O)N2CCN(C(=O)C3(N)CCOCC3)CC2)cc1. The van der Waals surface area contributed by atoms with Gasteiger partial charge in [-0.25, -0.2) is 8.42 Å². The minimum Gasteiger partial charge on any atom is -0.381 e. The summed E-state index contributed by atoms with van der Waals surface area (Å²) in [5, 5.41) is 0. The number of hydrogen-bond donors (Lipinski definition) is 1. The molecule has 3 rings (SSSR count). The van der Waals surface area contributed by atoms with Crippen LogP contribution in [-0.2, 0) is 19.6 Å². The summed E-state index contributed by atoms with van der Waals surface area (Å²) in [5.41, 5.74) is 6.39. The van der Waals surface area contributed by atoms with E-state index in [1.54, 1.807) is 29.2 Å². The normalized spacial score (nSPS) is 21.9. The number of carbonyl (C=O) groups excluding carboxylic acids is 1. The molecule has 0 atom stereocenters. The molecular formula is C17H25N3O4S. The summed E-state index contributed by atoms with van der Waals surface area (Å²) in [6, 6.07) is 6.82. The molecule has 0 spiro atoms. The monoisotopic (exact) mass is 367 g/mol. The predicted molar refractivity (Wildman–Crippen MR) is 93.5 cm³/mol. The third kappa shape index (κ3) is 3.72. The number of nitrogens with zero attached hydrogens (tertiary/aromatic N) is 2. The molecule has 25 heavy (non-hydrogen) atoms. The van der Waals surface area contributed by atoms with E-state index in [1.165, 1.54) is 4.31 Å². The lowest BCUT2D eigenvalue weighted by Gasteiger charge is -2.40. The molecule has 0 unspecified atom stereocenters. The van der Waals surface area contributed by atoms with Crippen LogP contribution in [0.1, 0.15) is 18.4 Å². The second-order valence-electron chi connectivity index (χ2n) is 6.78. The van der Waals surface area contributed by atoms with Gasteiger partial charge in [-0.1, -0.05) is 17.7 Å². The molecule has 0 radical (unpaired) electrons. The maximum Gasteiger partial charge on any atom is 0.243 e. The molecule has 2 N–H and O–H groups in total. The zero-order chi connectivity index (χ0) is 18.1. The molecule has 0 aromatic heterocycles. The highest BCUT2D eigenvalue weighted by atomic mass is 32.2. The molecule has 2 aliphatic heterocycles. The summed E-state index contributed by atoms with van der Waals surface area (Å²) in [4.78, 5) is 14.7. The third-order valence-electron chi connectivity index (χ3n) is 5.00. The van der Waals surface area contributed by atoms with Crippen LogP contribution in [0.25, 0.3) is 0 Å². The fraction of sp³-hybridized carbons (Fsp3) is 0.588. The van der Waals surface area contributed by atoms with Crippen molar-refractivity contribution in [3.8, 4) is 0 Å². The number of piperazine rings is 1. The van der Waals surface area contributed by atoms with Crippen molar-refractivity contribution >= 4 is 15.9 Å². The van der Waals surface area contributed by atoms with Crippen LogP contribution < -0.4 is 5.73 Å². The zero-order valence-electron chi connectivity index (χ0n) is 14.5. The summed E-state index contributed by atoms with van der Waals surface area (Å²) >= 11 is 0. The van der Waals surface area contributed by atoms with Gasteiger partial charge in [-0.05, 0) is 31.9 Å². The molecular weight excluding hydrogens is 342 g/mol. The van der Waals surface area contributed by atoms with Crippen molar-refractivity contribution in [2.75, 3.05) is 39.4 Å². The van der Waals surface area contributed by atoms with Gasteiger partial charge in [0.15, 0.2) is 0 Å². The molecule has 138 valence electrons. The Morgan fingerprint density at radius 2 is 1.64 bits per heavy atom. The standard InChI is InChI=1S/C17H25N3O4S/c1-14-2-4-15(5-3-14)25(22,23)20-10-8-19(9-11-20)16(21)17(18)6-12-24-13-7-17/h2-5H,6-13,18H2,1H3. The Balaban J connectivity index is 1.65. The molecule has 2 heterocycles. The van der Waals surface area contributed by atoms with Crippen molar-refractivity contribution in [3.63, 3.8) is 0 Å². The van der Waals surface area contributed by atoms with E-state index in [0.717, 1.165) is 5.56 Å². The van der Waals surface area contributed by atoms with Crippen LogP contribution in [0.2, 0.25) is 0 Å². The van der Waals surface area contributed by atoms with Gasteiger partial charge in [0.1, 0.15) is 0 Å². The van der Waals surface area contributed by atoms with Gasteiger partial charge in [0, 0.05) is 39.4 Å². The Morgan fingerprint density at radius 3 is 2.20 bits per heavy atom. The Bertz CT molecular complexity index is 719. The molecule has 1 aromatic carbocycles. The van der Waals surface area contributed by atoms with Crippen LogP contribution in [0.5, 0.6) is 0 Å². The number of amides is 1. The molecule has 0 bridgehead atoms. The minimum absolute atomic E-state index is 0.0943. The van der Waals surface area contributed by atoms with E-state index in [2.05, 4.69) is 0 Å². The van der Waals surface area contributed by atoms with Crippen molar-refractivity contribution in [2.45, 2.75) is 30.2 Å². The average molecular weight is 367 g/mol. The van der Waals surface area contributed by atoms with Crippen LogP contribution in [-0.4, -0.2) is 68.5 Å². The molecule has 8 heteroatoms. The third-order valence-corrected chi connectivity index (χ3v) is 6.91.